The largest absolute Gasteiger partial charge is 0.508 e. The van der Waals surface area contributed by atoms with Gasteiger partial charge < -0.3 is 10.2 Å². The smallest absolute Gasteiger partial charge is 0.122 e. The van der Waals surface area contributed by atoms with Gasteiger partial charge in [-0.25, -0.2) is 0 Å². The van der Waals surface area contributed by atoms with E-state index in [-0.39, 0.29) is 11.5 Å². The van der Waals surface area contributed by atoms with Gasteiger partial charge in [0.2, 0.25) is 0 Å². The summed E-state index contributed by atoms with van der Waals surface area (Å²) in [7, 11) is 0. The van der Waals surface area contributed by atoms with Crippen LogP contribution < -0.4 is 0 Å². The van der Waals surface area contributed by atoms with E-state index in [4.69, 9.17) is 0 Å². The van der Waals surface area contributed by atoms with Crippen LogP contribution >= 0.6 is 0 Å². The van der Waals surface area contributed by atoms with Crippen LogP contribution in [0.4, 0.5) is 0 Å². The van der Waals surface area contributed by atoms with E-state index in [1.807, 2.05) is 6.07 Å². The van der Waals surface area contributed by atoms with E-state index in [1.165, 1.54) is 63.9 Å². The molecule has 1 aromatic carbocycles. The van der Waals surface area contributed by atoms with Gasteiger partial charge in [-0.15, -0.1) is 0 Å². The zero-order chi connectivity index (χ0) is 19.9. The zero-order valence-electron chi connectivity index (χ0n) is 18.2. The lowest BCUT2D eigenvalue weighted by Crippen LogP contribution is -2.04. The van der Waals surface area contributed by atoms with Crippen LogP contribution in [-0.2, 0) is 12.8 Å². The first-order valence-electron chi connectivity index (χ1n) is 11.2. The first kappa shape index (κ1) is 22.1. The molecule has 0 heterocycles. The number of rotatable bonds is 12. The summed E-state index contributed by atoms with van der Waals surface area (Å²) in [6.07, 6.45) is 16.0. The molecule has 2 nitrogen and oxygen atoms in total. The average molecular weight is 375 g/mol. The Hall–Kier alpha value is -1.18. The molecule has 0 aromatic heterocycles. The van der Waals surface area contributed by atoms with Crippen molar-refractivity contribution in [1.82, 2.24) is 0 Å². The summed E-state index contributed by atoms with van der Waals surface area (Å²) in [4.78, 5) is 0. The number of aryl methyl sites for hydroxylation is 1. The highest BCUT2D eigenvalue weighted by atomic mass is 16.3. The van der Waals surface area contributed by atoms with Crippen LogP contribution in [-0.4, -0.2) is 10.2 Å². The van der Waals surface area contributed by atoms with Crippen LogP contribution in [0.2, 0.25) is 0 Å². The zero-order valence-corrected chi connectivity index (χ0v) is 18.2. The van der Waals surface area contributed by atoms with Crippen LogP contribution in [0, 0.1) is 10.8 Å². The van der Waals surface area contributed by atoms with Crippen LogP contribution in [0.3, 0.4) is 0 Å². The van der Waals surface area contributed by atoms with Crippen LogP contribution in [0.15, 0.2) is 12.1 Å². The molecule has 0 radical (unpaired) electrons. The molecule has 0 saturated heterocycles. The molecule has 1 fully saturated rings. The third kappa shape index (κ3) is 8.58. The lowest BCUT2D eigenvalue weighted by Gasteiger charge is -2.17. The Bertz CT molecular complexity index is 579. The monoisotopic (exact) mass is 374 g/mol. The van der Waals surface area contributed by atoms with Gasteiger partial charge in [0.15, 0.2) is 0 Å². The van der Waals surface area contributed by atoms with E-state index >= 15 is 0 Å². The molecule has 27 heavy (non-hydrogen) atoms. The lowest BCUT2D eigenvalue weighted by molar-refractivity contribution is 0.357. The quantitative estimate of drug-likeness (QED) is 0.371. The van der Waals surface area contributed by atoms with Gasteiger partial charge in [0, 0.05) is 6.07 Å². The molecule has 1 aromatic rings. The Morgan fingerprint density at radius 1 is 0.852 bits per heavy atom. The van der Waals surface area contributed by atoms with E-state index < -0.39 is 0 Å². The SMILES string of the molecule is CC(C)(C)CCCCCCc1cc(O)cc(O)c1CCCCCC1(C)CC1. The molecule has 2 N–H and O–H groups in total. The maximum Gasteiger partial charge on any atom is 0.122 e. The van der Waals surface area contributed by atoms with Gasteiger partial charge in [-0.3, -0.25) is 0 Å². The highest BCUT2D eigenvalue weighted by Gasteiger charge is 2.35. The second kappa shape index (κ2) is 9.85. The number of hydrogen-bond donors (Lipinski definition) is 2. The fourth-order valence-electron chi connectivity index (χ4n) is 4.03. The van der Waals surface area contributed by atoms with Gasteiger partial charge in [0.05, 0.1) is 0 Å². The van der Waals surface area contributed by atoms with Crippen LogP contribution in [0.5, 0.6) is 11.5 Å². The molecule has 1 aliphatic rings. The minimum atomic E-state index is 0.195. The molecule has 0 unspecified atom stereocenters. The summed E-state index contributed by atoms with van der Waals surface area (Å²) in [5.41, 5.74) is 3.30. The van der Waals surface area contributed by atoms with Crippen molar-refractivity contribution < 1.29 is 10.2 Å². The van der Waals surface area contributed by atoms with Crippen molar-refractivity contribution in [2.75, 3.05) is 0 Å². The molecule has 0 spiro atoms. The number of benzene rings is 1. The fraction of sp³-hybridized carbons (Fsp3) is 0.760. The minimum absolute atomic E-state index is 0.195. The Labute approximate surface area is 167 Å². The van der Waals surface area contributed by atoms with Crippen molar-refractivity contribution in [2.24, 2.45) is 10.8 Å². The Balaban J connectivity index is 1.74. The van der Waals surface area contributed by atoms with Crippen molar-refractivity contribution in [3.8, 4) is 11.5 Å². The highest BCUT2D eigenvalue weighted by Crippen LogP contribution is 2.49. The maximum absolute atomic E-state index is 10.3. The summed E-state index contributed by atoms with van der Waals surface area (Å²) in [6, 6.07) is 3.38. The molecular formula is C25H42O2. The number of aromatic hydroxyl groups is 2. The van der Waals surface area contributed by atoms with Crippen molar-refractivity contribution in [3.63, 3.8) is 0 Å². The minimum Gasteiger partial charge on any atom is -0.508 e. The molecule has 0 atom stereocenters. The molecule has 2 rings (SSSR count). The fourth-order valence-corrected chi connectivity index (χ4v) is 4.03. The summed E-state index contributed by atoms with van der Waals surface area (Å²) >= 11 is 0. The summed E-state index contributed by atoms with van der Waals surface area (Å²) in [5.74, 6) is 0.479. The van der Waals surface area contributed by atoms with Crippen molar-refractivity contribution in [3.05, 3.63) is 23.3 Å². The second-order valence-electron chi connectivity index (χ2n) is 10.4. The first-order chi connectivity index (χ1) is 12.7. The van der Waals surface area contributed by atoms with E-state index in [1.54, 1.807) is 0 Å². The first-order valence-corrected chi connectivity index (χ1v) is 11.2. The van der Waals surface area contributed by atoms with E-state index in [9.17, 15) is 10.2 Å². The Morgan fingerprint density at radius 3 is 2.15 bits per heavy atom. The molecule has 1 saturated carbocycles. The van der Waals surface area contributed by atoms with Crippen molar-refractivity contribution in [1.29, 1.82) is 0 Å². The van der Waals surface area contributed by atoms with Gasteiger partial charge >= 0.3 is 0 Å². The number of unbranched alkanes of at least 4 members (excludes halogenated alkanes) is 5. The average Bonchev–Trinajstić information content (AvgIpc) is 3.29. The summed E-state index contributed by atoms with van der Waals surface area (Å²) in [6.45, 7) is 9.32. The second-order valence-corrected chi connectivity index (χ2v) is 10.4. The third-order valence-electron chi connectivity index (χ3n) is 6.24. The van der Waals surface area contributed by atoms with Crippen molar-refractivity contribution in [2.45, 2.75) is 111 Å². The maximum atomic E-state index is 10.3. The van der Waals surface area contributed by atoms with Gasteiger partial charge in [-0.2, -0.15) is 0 Å². The topological polar surface area (TPSA) is 40.5 Å². The Kier molecular flexibility index (Phi) is 8.06. The van der Waals surface area contributed by atoms with E-state index in [0.29, 0.717) is 10.8 Å². The number of phenolic OH excluding ortho intramolecular Hbond substituents is 2. The predicted octanol–water partition coefficient (Wildman–Crippen LogP) is 7.54. The molecule has 1 aliphatic carbocycles. The van der Waals surface area contributed by atoms with E-state index in [0.717, 1.165) is 36.8 Å². The molecule has 2 heteroatoms. The van der Waals surface area contributed by atoms with Crippen LogP contribution in [0.1, 0.15) is 109 Å². The van der Waals surface area contributed by atoms with Crippen LogP contribution in [0.25, 0.3) is 0 Å². The standard InChI is InChI=1S/C25H42O2/c1-24(2,3)14-10-6-5-8-12-20-18-21(26)19-23(27)22(20)13-9-7-11-15-25(4)16-17-25/h18-19,26-27H,5-17H2,1-4H3. The lowest BCUT2D eigenvalue weighted by atomic mass is 9.89. The molecule has 0 amide bonds. The van der Waals surface area contributed by atoms with Crippen molar-refractivity contribution >= 4 is 0 Å². The van der Waals surface area contributed by atoms with E-state index in [2.05, 4.69) is 27.7 Å². The molecular weight excluding hydrogens is 332 g/mol. The Morgan fingerprint density at radius 2 is 1.48 bits per heavy atom. The number of phenols is 2. The molecule has 0 bridgehead atoms. The summed E-state index contributed by atoms with van der Waals surface area (Å²) < 4.78 is 0. The third-order valence-corrected chi connectivity index (χ3v) is 6.24. The van der Waals surface area contributed by atoms with Gasteiger partial charge in [0.25, 0.3) is 0 Å². The predicted molar refractivity (Wildman–Crippen MR) is 116 cm³/mol. The normalized spacial score (nSPS) is 15.9. The van der Waals surface area contributed by atoms with Gasteiger partial charge in [-0.1, -0.05) is 59.8 Å². The molecule has 0 aliphatic heterocycles. The van der Waals surface area contributed by atoms with Gasteiger partial charge in [0.1, 0.15) is 11.5 Å². The summed E-state index contributed by atoms with van der Waals surface area (Å²) in [5, 5.41) is 20.2. The number of hydrogen-bond acceptors (Lipinski definition) is 2. The molecule has 154 valence electrons. The highest BCUT2D eigenvalue weighted by molar-refractivity contribution is 5.45. The van der Waals surface area contributed by atoms with Gasteiger partial charge in [-0.05, 0) is 79.4 Å².